The van der Waals surface area contributed by atoms with Crippen molar-refractivity contribution in [3.63, 3.8) is 0 Å². The zero-order valence-electron chi connectivity index (χ0n) is 12.2. The Balaban J connectivity index is 2.19. The number of benzene rings is 2. The summed E-state index contributed by atoms with van der Waals surface area (Å²) in [6.45, 7) is 2.39. The van der Waals surface area contributed by atoms with Gasteiger partial charge in [-0.15, -0.1) is 0 Å². The van der Waals surface area contributed by atoms with Crippen LogP contribution in [0.1, 0.15) is 21.5 Å². The van der Waals surface area contributed by atoms with Crippen LogP contribution in [0, 0.1) is 6.92 Å². The third-order valence-corrected chi connectivity index (χ3v) is 3.02. The normalized spacial score (nSPS) is 10.2. The highest BCUT2D eigenvalue weighted by Gasteiger charge is 2.10. The second kappa shape index (κ2) is 7.45. The molecule has 4 nitrogen and oxygen atoms in total. The van der Waals surface area contributed by atoms with E-state index in [0.717, 1.165) is 17.4 Å². The molecule has 2 aromatic carbocycles. The minimum Gasteiger partial charge on any atom is -0.488 e. The number of aryl methyl sites for hydroxylation is 1. The Hall–Kier alpha value is -2.33. The molecule has 0 radical (unpaired) electrons. The average molecular weight is 286 g/mol. The summed E-state index contributed by atoms with van der Waals surface area (Å²) in [4.78, 5) is 11.2. The lowest BCUT2D eigenvalue weighted by Crippen LogP contribution is -2.03. The molecule has 0 heterocycles. The molecule has 110 valence electrons. The van der Waals surface area contributed by atoms with Crippen molar-refractivity contribution < 1.29 is 19.0 Å². The first-order chi connectivity index (χ1) is 10.2. The van der Waals surface area contributed by atoms with Crippen molar-refractivity contribution in [1.29, 1.82) is 0 Å². The molecule has 21 heavy (non-hydrogen) atoms. The van der Waals surface area contributed by atoms with Crippen molar-refractivity contribution in [3.05, 3.63) is 59.2 Å². The third kappa shape index (κ3) is 4.07. The lowest BCUT2D eigenvalue weighted by molar-refractivity contribution is 0.0509. The molecule has 0 atom stereocenters. The molecule has 2 rings (SSSR count). The monoisotopic (exact) mass is 286 g/mol. The summed E-state index contributed by atoms with van der Waals surface area (Å²) in [7, 11) is 1.56. The van der Waals surface area contributed by atoms with Crippen molar-refractivity contribution in [2.45, 2.75) is 13.5 Å². The molecule has 0 aliphatic carbocycles. The number of aldehydes is 1. The molecule has 0 fully saturated rings. The zero-order valence-corrected chi connectivity index (χ0v) is 12.2. The summed E-state index contributed by atoms with van der Waals surface area (Å²) in [5.74, 6) is 1.13. The summed E-state index contributed by atoms with van der Waals surface area (Å²) in [5.41, 5.74) is 2.38. The fourth-order valence-electron chi connectivity index (χ4n) is 1.95. The minimum absolute atomic E-state index is 0.151. The van der Waals surface area contributed by atoms with Crippen LogP contribution < -0.4 is 9.47 Å². The van der Waals surface area contributed by atoms with E-state index in [9.17, 15) is 4.79 Å². The fraction of sp³-hybridized carbons (Fsp3) is 0.235. The smallest absolute Gasteiger partial charge is 0.188 e. The maximum absolute atomic E-state index is 11.2. The quantitative estimate of drug-likeness (QED) is 0.578. The van der Waals surface area contributed by atoms with Crippen LogP contribution in [0.4, 0.5) is 0 Å². The van der Waals surface area contributed by atoms with Gasteiger partial charge in [-0.3, -0.25) is 4.79 Å². The van der Waals surface area contributed by atoms with E-state index >= 15 is 0 Å². The number of methoxy groups -OCH3 is 1. The van der Waals surface area contributed by atoms with E-state index in [2.05, 4.69) is 0 Å². The van der Waals surface area contributed by atoms with Crippen LogP contribution in [-0.4, -0.2) is 20.2 Å². The summed E-state index contributed by atoms with van der Waals surface area (Å²) in [6, 6.07) is 13.3. The highest BCUT2D eigenvalue weighted by molar-refractivity contribution is 5.82. The van der Waals surface area contributed by atoms with Crippen LogP contribution in [0.25, 0.3) is 0 Å². The predicted octanol–water partition coefficient (Wildman–Crippen LogP) is 3.37. The van der Waals surface area contributed by atoms with E-state index in [1.165, 1.54) is 0 Å². The third-order valence-electron chi connectivity index (χ3n) is 3.02. The van der Waals surface area contributed by atoms with E-state index in [4.69, 9.17) is 14.2 Å². The fourth-order valence-corrected chi connectivity index (χ4v) is 1.95. The number of ether oxygens (including phenoxy) is 3. The van der Waals surface area contributed by atoms with Gasteiger partial charge in [-0.2, -0.15) is 0 Å². The predicted molar refractivity (Wildman–Crippen MR) is 79.8 cm³/mol. The lowest BCUT2D eigenvalue weighted by Gasteiger charge is -2.13. The van der Waals surface area contributed by atoms with Gasteiger partial charge in [0.1, 0.15) is 18.1 Å². The van der Waals surface area contributed by atoms with E-state index < -0.39 is 0 Å². The molecule has 0 spiro atoms. The van der Waals surface area contributed by atoms with Crippen LogP contribution in [0.5, 0.6) is 11.5 Å². The molecule has 0 aromatic heterocycles. The highest BCUT2D eigenvalue weighted by atomic mass is 16.7. The molecule has 0 saturated carbocycles. The van der Waals surface area contributed by atoms with Crippen molar-refractivity contribution in [2.24, 2.45) is 0 Å². The molecule has 2 aromatic rings. The minimum atomic E-state index is 0.151. The molecular weight excluding hydrogens is 268 g/mol. The lowest BCUT2D eigenvalue weighted by atomic mass is 10.1. The number of hydrogen-bond donors (Lipinski definition) is 0. The van der Waals surface area contributed by atoms with Gasteiger partial charge in [-0.1, -0.05) is 30.3 Å². The van der Waals surface area contributed by atoms with Gasteiger partial charge in [-0.25, -0.2) is 0 Å². The molecule has 0 unspecified atom stereocenters. The summed E-state index contributed by atoms with van der Waals surface area (Å²) in [6.07, 6.45) is 0.801. The first-order valence-electron chi connectivity index (χ1n) is 6.63. The van der Waals surface area contributed by atoms with Crippen molar-refractivity contribution in [3.8, 4) is 11.5 Å². The molecule has 0 aliphatic rings. The van der Waals surface area contributed by atoms with E-state index in [1.54, 1.807) is 19.2 Å². The van der Waals surface area contributed by atoms with Crippen molar-refractivity contribution in [2.75, 3.05) is 13.9 Å². The van der Waals surface area contributed by atoms with Crippen molar-refractivity contribution >= 4 is 6.29 Å². The summed E-state index contributed by atoms with van der Waals surface area (Å²) in [5, 5.41) is 0. The Bertz CT molecular complexity index is 593. The number of carbonyl (C=O) groups excluding carboxylic acids is 1. The SMILES string of the molecule is COCOc1cc(C)c(C=O)c(OCc2ccccc2)c1. The molecule has 0 saturated heterocycles. The maximum atomic E-state index is 11.2. The number of rotatable bonds is 7. The van der Waals surface area contributed by atoms with Crippen LogP contribution in [0.15, 0.2) is 42.5 Å². The van der Waals surface area contributed by atoms with Crippen LogP contribution in [0.3, 0.4) is 0 Å². The molecule has 0 N–H and O–H groups in total. The molecular formula is C17H18O4. The van der Waals surface area contributed by atoms with Crippen molar-refractivity contribution in [1.82, 2.24) is 0 Å². The van der Waals surface area contributed by atoms with Gasteiger partial charge in [0.15, 0.2) is 13.1 Å². The van der Waals surface area contributed by atoms with Crippen LogP contribution >= 0.6 is 0 Å². The average Bonchev–Trinajstić information content (AvgIpc) is 2.51. The van der Waals surface area contributed by atoms with Gasteiger partial charge < -0.3 is 14.2 Å². The first kappa shape index (κ1) is 15.1. The Morgan fingerprint density at radius 1 is 1.10 bits per heavy atom. The maximum Gasteiger partial charge on any atom is 0.188 e. The molecule has 0 amide bonds. The van der Waals surface area contributed by atoms with Gasteiger partial charge in [0.2, 0.25) is 0 Å². The highest BCUT2D eigenvalue weighted by Crippen LogP contribution is 2.28. The van der Waals surface area contributed by atoms with E-state index in [0.29, 0.717) is 23.7 Å². The van der Waals surface area contributed by atoms with Crippen LogP contribution in [-0.2, 0) is 11.3 Å². The van der Waals surface area contributed by atoms with Gasteiger partial charge in [0.25, 0.3) is 0 Å². The topological polar surface area (TPSA) is 44.8 Å². The Morgan fingerprint density at radius 3 is 2.52 bits per heavy atom. The number of carbonyl (C=O) groups is 1. The summed E-state index contributed by atoms with van der Waals surface area (Å²) >= 11 is 0. The van der Waals surface area contributed by atoms with Gasteiger partial charge in [0, 0.05) is 13.2 Å². The second-order valence-electron chi connectivity index (χ2n) is 4.59. The zero-order chi connectivity index (χ0) is 15.1. The molecule has 0 aliphatic heterocycles. The largest absolute Gasteiger partial charge is 0.488 e. The Morgan fingerprint density at radius 2 is 1.86 bits per heavy atom. The summed E-state index contributed by atoms with van der Waals surface area (Å²) < 4.78 is 16.1. The molecule has 4 heteroatoms. The number of hydrogen-bond acceptors (Lipinski definition) is 4. The van der Waals surface area contributed by atoms with E-state index in [1.807, 2.05) is 37.3 Å². The van der Waals surface area contributed by atoms with E-state index in [-0.39, 0.29) is 6.79 Å². The first-order valence-corrected chi connectivity index (χ1v) is 6.63. The van der Waals surface area contributed by atoms with Gasteiger partial charge >= 0.3 is 0 Å². The molecule has 0 bridgehead atoms. The Kier molecular flexibility index (Phi) is 5.35. The standard InChI is InChI=1S/C17H18O4/c1-13-8-15(21-12-19-2)9-17(16(13)10-18)20-11-14-6-4-3-5-7-14/h3-10H,11-12H2,1-2H3. The van der Waals surface area contributed by atoms with Gasteiger partial charge in [0.05, 0.1) is 5.56 Å². The Labute approximate surface area is 124 Å². The second-order valence-corrected chi connectivity index (χ2v) is 4.59. The van der Waals surface area contributed by atoms with Gasteiger partial charge in [-0.05, 0) is 24.1 Å². The van der Waals surface area contributed by atoms with Crippen LogP contribution in [0.2, 0.25) is 0 Å².